The molecule has 0 unspecified atom stereocenters. The summed E-state index contributed by atoms with van der Waals surface area (Å²) < 4.78 is 50.8. The van der Waals surface area contributed by atoms with E-state index in [-0.39, 0.29) is 74.1 Å². The smallest absolute Gasteiger partial charge is 0.341 e. The number of carboxylic acid groups (broad SMARTS) is 1. The van der Waals surface area contributed by atoms with Crippen molar-refractivity contribution in [1.82, 2.24) is 14.4 Å². The van der Waals surface area contributed by atoms with Crippen molar-refractivity contribution in [2.75, 3.05) is 59.9 Å². The van der Waals surface area contributed by atoms with Gasteiger partial charge in [0.25, 0.3) is 0 Å². The number of methoxy groups -OCH3 is 1. The molecule has 436 valence electrons. The van der Waals surface area contributed by atoms with Crippen molar-refractivity contribution in [2.45, 2.75) is 195 Å². The van der Waals surface area contributed by atoms with E-state index in [0.29, 0.717) is 29.2 Å². The van der Waals surface area contributed by atoms with Gasteiger partial charge in [-0.05, 0) is 136 Å². The Morgan fingerprint density at radius 3 is 2.27 bits per heavy atom. The number of benzene rings is 1. The second-order valence-corrected chi connectivity index (χ2v) is 24.5. The van der Waals surface area contributed by atoms with Crippen LogP contribution in [0.15, 0.2) is 23.1 Å². The van der Waals surface area contributed by atoms with E-state index in [1.807, 2.05) is 67.4 Å². The van der Waals surface area contributed by atoms with Crippen LogP contribution in [0, 0.1) is 17.8 Å². The van der Waals surface area contributed by atoms with Crippen LogP contribution in [0.2, 0.25) is 5.02 Å². The molecule has 18 atom stereocenters. The molecule has 1 aliphatic carbocycles. The number of hydrogen-bond acceptors (Lipinski definition) is 19. The lowest BCUT2D eigenvalue weighted by molar-refractivity contribution is -0.318. The first-order valence-electron chi connectivity index (χ1n) is 26.7. The molecular formula is C54H84ClIN4O17. The fraction of sp³-hybridized carbons (Fsp3) is 0.778. The number of alkyl halides is 1. The number of pyridine rings is 1. The van der Waals surface area contributed by atoms with E-state index < -0.39 is 111 Å². The molecule has 21 nitrogen and oxygen atoms in total. The molecule has 1 aromatic heterocycles. The number of aromatic nitrogens is 1. The van der Waals surface area contributed by atoms with Crippen molar-refractivity contribution >= 4 is 68.7 Å². The summed E-state index contributed by atoms with van der Waals surface area (Å²) in [7, 11) is 7.01. The molecule has 6 rings (SSSR count). The highest BCUT2D eigenvalue weighted by Crippen LogP contribution is 2.42. The van der Waals surface area contributed by atoms with Crippen LogP contribution in [0.5, 0.6) is 0 Å². The minimum absolute atomic E-state index is 0.00336. The number of nitrogens with one attached hydrogen (secondary N) is 1. The van der Waals surface area contributed by atoms with Gasteiger partial charge in [-0.3, -0.25) is 14.4 Å². The van der Waals surface area contributed by atoms with Gasteiger partial charge in [0.05, 0.1) is 71.8 Å². The van der Waals surface area contributed by atoms with E-state index in [1.54, 1.807) is 58.2 Å². The fourth-order valence-electron chi connectivity index (χ4n) is 11.4. The van der Waals surface area contributed by atoms with Gasteiger partial charge in [-0.25, -0.2) is 4.79 Å². The number of carboxylic acids is 1. The summed E-state index contributed by atoms with van der Waals surface area (Å²) in [5.74, 6) is -4.85. The van der Waals surface area contributed by atoms with Crippen LogP contribution in [0.4, 0.5) is 5.69 Å². The molecule has 1 aromatic carbocycles. The number of carbonyl (C=O) groups is 3. The number of rotatable bonds is 16. The van der Waals surface area contributed by atoms with Gasteiger partial charge in [0, 0.05) is 62.2 Å². The normalized spacial score (nSPS) is 38.2. The Balaban J connectivity index is 1.16. The molecule has 0 amide bonds. The van der Waals surface area contributed by atoms with Crippen LogP contribution in [0.1, 0.15) is 117 Å². The molecule has 4 fully saturated rings. The van der Waals surface area contributed by atoms with E-state index in [4.69, 9.17) is 49.5 Å². The van der Waals surface area contributed by atoms with Crippen LogP contribution in [0.25, 0.3) is 10.9 Å². The Hall–Kier alpha value is -2.82. The van der Waals surface area contributed by atoms with Crippen LogP contribution in [-0.2, 0) is 47.5 Å². The first-order chi connectivity index (χ1) is 35.9. The van der Waals surface area contributed by atoms with Crippen LogP contribution >= 0.6 is 34.2 Å². The number of esters is 2. The number of nitrogens with zero attached hydrogens (tertiary/aromatic N) is 3. The Kier molecular flexibility index (Phi) is 21.4. The largest absolute Gasteiger partial charge is 0.477 e. The molecular weight excluding hydrogens is 1140 g/mol. The van der Waals surface area contributed by atoms with E-state index in [9.17, 15) is 44.7 Å². The van der Waals surface area contributed by atoms with Gasteiger partial charge in [-0.1, -0.05) is 25.4 Å². The second kappa shape index (κ2) is 26.0. The Bertz CT molecular complexity index is 2430. The number of fused-ring (bicyclic) bond motifs is 1. The average Bonchev–Trinajstić information content (AvgIpc) is 4.20. The number of aromatic carboxylic acids is 1. The van der Waals surface area contributed by atoms with Crippen molar-refractivity contribution in [3.05, 3.63) is 39.1 Å². The number of cyclic esters (lactones) is 1. The van der Waals surface area contributed by atoms with Crippen molar-refractivity contribution in [2.24, 2.45) is 17.8 Å². The third-order valence-corrected chi connectivity index (χ3v) is 18.0. The minimum atomic E-state index is -1.90. The maximum Gasteiger partial charge on any atom is 0.341 e. The lowest BCUT2D eigenvalue weighted by Crippen LogP contribution is -2.61. The minimum Gasteiger partial charge on any atom is -0.477 e. The zero-order valence-electron chi connectivity index (χ0n) is 46.8. The maximum atomic E-state index is 14.4. The predicted molar refractivity (Wildman–Crippen MR) is 294 cm³/mol. The summed E-state index contributed by atoms with van der Waals surface area (Å²) in [6.07, 6.45) is -5.38. The number of ether oxygens (including phenoxy) is 8. The highest BCUT2D eigenvalue weighted by molar-refractivity contribution is 14.1. The highest BCUT2D eigenvalue weighted by atomic mass is 127. The van der Waals surface area contributed by atoms with E-state index in [1.165, 1.54) is 20.2 Å². The molecule has 0 spiro atoms. The van der Waals surface area contributed by atoms with Crippen molar-refractivity contribution in [1.29, 1.82) is 0 Å². The third-order valence-electron chi connectivity index (χ3n) is 16.1. The molecule has 23 heteroatoms. The molecule has 3 aliphatic heterocycles. The summed E-state index contributed by atoms with van der Waals surface area (Å²) >= 11 is 8.42. The number of likely N-dealkylation sites (N-methyl/N-ethyl adjacent to an activating group) is 2. The molecule has 4 heterocycles. The average molecular weight is 1220 g/mol. The molecule has 4 aliphatic rings. The van der Waals surface area contributed by atoms with Gasteiger partial charge in [0.1, 0.15) is 29.0 Å². The maximum absolute atomic E-state index is 14.4. The van der Waals surface area contributed by atoms with Gasteiger partial charge in [0.15, 0.2) is 22.8 Å². The van der Waals surface area contributed by atoms with Gasteiger partial charge in [0.2, 0.25) is 5.43 Å². The van der Waals surface area contributed by atoms with E-state index in [2.05, 4.69) is 5.32 Å². The van der Waals surface area contributed by atoms with E-state index in [0.717, 1.165) is 12.8 Å². The zero-order chi connectivity index (χ0) is 57.2. The number of anilines is 1. The van der Waals surface area contributed by atoms with Crippen LogP contribution < -0.4 is 10.7 Å². The van der Waals surface area contributed by atoms with Gasteiger partial charge in [-0.2, -0.15) is 0 Å². The lowest BCUT2D eigenvalue weighted by atomic mass is 9.77. The highest BCUT2D eigenvalue weighted by Gasteiger charge is 2.54. The summed E-state index contributed by atoms with van der Waals surface area (Å²) in [6, 6.07) is 2.37. The van der Waals surface area contributed by atoms with Crippen molar-refractivity contribution < 1.29 is 77.8 Å². The summed E-state index contributed by atoms with van der Waals surface area (Å²) in [5, 5.41) is 61.1. The van der Waals surface area contributed by atoms with Crippen molar-refractivity contribution in [3.63, 3.8) is 0 Å². The lowest BCUT2D eigenvalue weighted by Gasteiger charge is -2.49. The quantitative estimate of drug-likeness (QED) is 0.0562. The number of carbonyl (C=O) groups excluding carboxylic acids is 2. The molecule has 1 saturated carbocycles. The standard InChI is InChI=1S/C54H84ClIN4O17/c1-27-23-52(7,68)46(76-50-43(63)39(58(10)11)20-28(2)72-50)29(3)44(30(4)49(67)77-51(56)54(9,69)45(64)31(5)59(12)25-27)75-41-24-53(8,70-13)47(32(6)73-41)74-40(61)16-18-71-19-17-57-37-21-34-38(22-36(37)55)60(33-14-15-33)26-35(42(34)62)48(65)66/h21-22,26-33,39,41,43-47,50-51,57,63-64,68-69H,14-20,23-25H2,1-13H3,(H,65,66)/t27-,28-,29-,30-,31-,32+,39+,41+,43-,44+,45-,46-,47+,50+,51+,52-,53-,54+/m1/s1. The molecule has 3 saturated heterocycles. The Morgan fingerprint density at radius 1 is 0.974 bits per heavy atom. The van der Waals surface area contributed by atoms with Gasteiger partial charge in [-0.15, -0.1) is 0 Å². The third kappa shape index (κ3) is 14.8. The van der Waals surface area contributed by atoms with Crippen LogP contribution in [-0.4, -0.2) is 201 Å². The van der Waals surface area contributed by atoms with Gasteiger partial charge >= 0.3 is 17.9 Å². The molecule has 0 bridgehead atoms. The SMILES string of the molecule is CO[C@]1(C)C[C@H](O[C@H]2[C@@H](C)[C@@H](O[C@@H]3O[C@H](C)C[C@H](N(C)C)[C@H]3O)[C@](C)(O)C[C@@H](C)CN(C)[C@H](C)[C@@H](O)[C@](C)(O)[C@@H](I)OC(=O)[C@@H]2C)O[C@@H](C)[C@@H]1OC(=O)CCOCCNc1cc2c(=O)c(C(=O)O)cn(C3CC3)c2cc1Cl. The first kappa shape index (κ1) is 63.4. The molecule has 0 radical (unpaired) electrons. The predicted octanol–water partition coefficient (Wildman–Crippen LogP) is 4.95. The van der Waals surface area contributed by atoms with Crippen molar-refractivity contribution in [3.8, 4) is 0 Å². The van der Waals surface area contributed by atoms with E-state index >= 15 is 0 Å². The first-order valence-corrected chi connectivity index (χ1v) is 28.4. The zero-order valence-corrected chi connectivity index (χ0v) is 49.7. The number of halogens is 2. The number of aliphatic hydroxyl groups excluding tert-OH is 2. The second-order valence-electron chi connectivity index (χ2n) is 23.0. The molecule has 77 heavy (non-hydrogen) atoms. The molecule has 6 N–H and O–H groups in total. The molecule has 2 aromatic rings. The summed E-state index contributed by atoms with van der Waals surface area (Å²) in [6.45, 7) is 16.3. The monoisotopic (exact) mass is 1220 g/mol. The fourth-order valence-corrected chi connectivity index (χ4v) is 12.2. The topological polar surface area (TPSA) is 267 Å². The Labute approximate surface area is 470 Å². The number of aliphatic hydroxyl groups is 4. The summed E-state index contributed by atoms with van der Waals surface area (Å²) in [5.41, 5.74) is -4.67. The van der Waals surface area contributed by atoms with Crippen LogP contribution in [0.3, 0.4) is 0 Å². The van der Waals surface area contributed by atoms with Gasteiger partial charge < -0.3 is 83.1 Å². The Morgan fingerprint density at radius 2 is 1.65 bits per heavy atom. The number of hydrogen-bond donors (Lipinski definition) is 6. The summed E-state index contributed by atoms with van der Waals surface area (Å²) in [4.78, 5) is 56.7.